The van der Waals surface area contributed by atoms with Gasteiger partial charge in [0.25, 0.3) is 5.91 Å². The van der Waals surface area contributed by atoms with Crippen LogP contribution >= 0.6 is 35.0 Å². The first-order chi connectivity index (χ1) is 11.9. The zero-order valence-electron chi connectivity index (χ0n) is 12.5. The van der Waals surface area contributed by atoms with Crippen LogP contribution in [0.1, 0.15) is 15.9 Å². The molecule has 0 bridgehead atoms. The number of carbonyl (C=O) groups excluding carboxylic acids is 1. The van der Waals surface area contributed by atoms with Gasteiger partial charge in [-0.1, -0.05) is 35.3 Å². The van der Waals surface area contributed by atoms with E-state index in [2.05, 4.69) is 10.3 Å². The Morgan fingerprint density at radius 3 is 2.52 bits per heavy atom. The van der Waals surface area contributed by atoms with Crippen molar-refractivity contribution in [3.63, 3.8) is 0 Å². The van der Waals surface area contributed by atoms with Crippen LogP contribution in [-0.4, -0.2) is 22.2 Å². The molecule has 0 saturated carbocycles. The van der Waals surface area contributed by atoms with Crippen LogP contribution in [0.25, 0.3) is 6.08 Å². The summed E-state index contributed by atoms with van der Waals surface area (Å²) < 4.78 is 0. The molecule has 2 aromatic rings. The number of aromatic carboxylic acids is 1. The number of benzene rings is 2. The summed E-state index contributed by atoms with van der Waals surface area (Å²) in [6.45, 7) is 0. The summed E-state index contributed by atoms with van der Waals surface area (Å²) in [7, 11) is 0. The van der Waals surface area contributed by atoms with E-state index in [0.29, 0.717) is 31.4 Å². The molecule has 0 aliphatic carbocycles. The molecule has 1 aliphatic heterocycles. The standard InChI is InChI=1S/C17H10Cl2N2O3S/c18-11-5-6-13(12(19)8-11)20-17-21-15(22)14(25-17)7-9-1-3-10(4-2-9)16(23)24/h1-8H,(H,23,24)(H,20,21,22). The fourth-order valence-corrected chi connectivity index (χ4v) is 3.32. The number of thioether (sulfide) groups is 1. The zero-order valence-corrected chi connectivity index (χ0v) is 14.8. The molecule has 1 fully saturated rings. The molecule has 1 heterocycles. The number of nitrogens with zero attached hydrogens (tertiary/aromatic N) is 1. The lowest BCUT2D eigenvalue weighted by Crippen LogP contribution is -2.19. The maximum atomic E-state index is 12.1. The lowest BCUT2D eigenvalue weighted by molar-refractivity contribution is -0.115. The number of carboxylic acids is 1. The van der Waals surface area contributed by atoms with Crippen molar-refractivity contribution in [2.75, 3.05) is 0 Å². The zero-order chi connectivity index (χ0) is 18.0. The monoisotopic (exact) mass is 392 g/mol. The number of hydrogen-bond acceptors (Lipinski definition) is 4. The average molecular weight is 393 g/mol. The van der Waals surface area contributed by atoms with Crippen LogP contribution in [-0.2, 0) is 4.79 Å². The highest BCUT2D eigenvalue weighted by Crippen LogP contribution is 2.32. The minimum atomic E-state index is -0.999. The van der Waals surface area contributed by atoms with Crippen LogP contribution in [0.4, 0.5) is 5.69 Å². The lowest BCUT2D eigenvalue weighted by atomic mass is 10.1. The highest BCUT2D eigenvalue weighted by molar-refractivity contribution is 8.18. The van der Waals surface area contributed by atoms with Crippen LogP contribution in [0.15, 0.2) is 52.4 Å². The van der Waals surface area contributed by atoms with Crippen molar-refractivity contribution >= 4 is 63.8 Å². The molecule has 0 radical (unpaired) electrons. The predicted molar refractivity (Wildman–Crippen MR) is 101 cm³/mol. The molecule has 1 aliphatic rings. The number of rotatable bonds is 3. The number of amidine groups is 1. The average Bonchev–Trinajstić information content (AvgIpc) is 2.90. The highest BCUT2D eigenvalue weighted by Gasteiger charge is 2.24. The van der Waals surface area contributed by atoms with Gasteiger partial charge in [0.1, 0.15) is 0 Å². The number of hydrogen-bond donors (Lipinski definition) is 2. The smallest absolute Gasteiger partial charge is 0.335 e. The Kier molecular flexibility index (Phi) is 5.13. The van der Waals surface area contributed by atoms with Crippen molar-refractivity contribution in [3.8, 4) is 0 Å². The molecular weight excluding hydrogens is 383 g/mol. The number of amides is 1. The van der Waals surface area contributed by atoms with E-state index in [9.17, 15) is 9.59 Å². The van der Waals surface area contributed by atoms with Crippen LogP contribution in [0.2, 0.25) is 10.0 Å². The molecule has 2 aromatic carbocycles. The van der Waals surface area contributed by atoms with Crippen molar-refractivity contribution in [1.29, 1.82) is 0 Å². The fourth-order valence-electron chi connectivity index (χ4n) is 2.04. The van der Waals surface area contributed by atoms with Gasteiger partial charge in [-0.3, -0.25) is 4.79 Å². The molecule has 2 N–H and O–H groups in total. The molecule has 25 heavy (non-hydrogen) atoms. The van der Waals surface area contributed by atoms with E-state index in [1.165, 1.54) is 23.9 Å². The molecular formula is C17H10Cl2N2O3S. The number of carbonyl (C=O) groups is 2. The summed E-state index contributed by atoms with van der Waals surface area (Å²) in [5.74, 6) is -1.28. The van der Waals surface area contributed by atoms with Crippen molar-refractivity contribution in [3.05, 3.63) is 68.5 Å². The SMILES string of the molecule is O=C1NC(=Nc2ccc(Cl)cc2Cl)SC1=Cc1ccc(C(=O)O)cc1. The van der Waals surface area contributed by atoms with Gasteiger partial charge in [0.15, 0.2) is 5.17 Å². The molecule has 1 amide bonds. The van der Waals surface area contributed by atoms with Crippen molar-refractivity contribution in [2.45, 2.75) is 0 Å². The van der Waals surface area contributed by atoms with Gasteiger partial charge in [0.2, 0.25) is 0 Å². The van der Waals surface area contributed by atoms with Gasteiger partial charge in [0, 0.05) is 5.02 Å². The van der Waals surface area contributed by atoms with Crippen LogP contribution in [0.3, 0.4) is 0 Å². The maximum absolute atomic E-state index is 12.1. The highest BCUT2D eigenvalue weighted by atomic mass is 35.5. The molecule has 3 rings (SSSR count). The van der Waals surface area contributed by atoms with Gasteiger partial charge in [0.05, 0.1) is 21.2 Å². The minimum absolute atomic E-state index is 0.185. The lowest BCUT2D eigenvalue weighted by Gasteiger charge is -2.00. The normalized spacial score (nSPS) is 17.1. The molecule has 5 nitrogen and oxygen atoms in total. The minimum Gasteiger partial charge on any atom is -0.478 e. The summed E-state index contributed by atoms with van der Waals surface area (Å²) in [6.07, 6.45) is 1.66. The third-order valence-electron chi connectivity index (χ3n) is 3.24. The van der Waals surface area contributed by atoms with Crippen LogP contribution in [0, 0.1) is 0 Å². The first kappa shape index (κ1) is 17.5. The summed E-state index contributed by atoms with van der Waals surface area (Å²) in [5.41, 5.74) is 1.40. The second-order valence-corrected chi connectivity index (χ2v) is 6.88. The predicted octanol–water partition coefficient (Wildman–Crippen LogP) is 4.58. The van der Waals surface area contributed by atoms with Crippen LogP contribution in [0.5, 0.6) is 0 Å². The van der Waals surface area contributed by atoms with E-state index >= 15 is 0 Å². The molecule has 0 spiro atoms. The van der Waals surface area contributed by atoms with Crippen molar-refractivity contribution < 1.29 is 14.7 Å². The van der Waals surface area contributed by atoms with E-state index in [1.807, 2.05) is 0 Å². The second-order valence-electron chi connectivity index (χ2n) is 5.00. The summed E-state index contributed by atoms with van der Waals surface area (Å²) in [6, 6.07) is 11.1. The topological polar surface area (TPSA) is 78.8 Å². The fraction of sp³-hybridized carbons (Fsp3) is 0. The van der Waals surface area contributed by atoms with Gasteiger partial charge in [-0.25, -0.2) is 9.79 Å². The Balaban J connectivity index is 1.82. The third kappa shape index (κ3) is 4.22. The number of halogens is 2. The molecule has 0 aromatic heterocycles. The second kappa shape index (κ2) is 7.31. The van der Waals surface area contributed by atoms with E-state index in [4.69, 9.17) is 28.3 Å². The third-order valence-corrected chi connectivity index (χ3v) is 4.69. The first-order valence-corrected chi connectivity index (χ1v) is 8.57. The summed E-state index contributed by atoms with van der Waals surface area (Å²) >= 11 is 13.1. The number of carboxylic acid groups (broad SMARTS) is 1. The Morgan fingerprint density at radius 2 is 1.88 bits per heavy atom. The molecule has 126 valence electrons. The molecule has 1 saturated heterocycles. The van der Waals surface area contributed by atoms with E-state index < -0.39 is 5.97 Å². The molecule has 0 unspecified atom stereocenters. The Hall–Kier alpha value is -2.28. The Morgan fingerprint density at radius 1 is 1.16 bits per heavy atom. The quantitative estimate of drug-likeness (QED) is 0.748. The van der Waals surface area contributed by atoms with Gasteiger partial charge in [-0.2, -0.15) is 0 Å². The number of nitrogens with one attached hydrogen (secondary N) is 1. The van der Waals surface area contributed by atoms with E-state index in [1.54, 1.807) is 36.4 Å². The number of aliphatic imine (C=N–C) groups is 1. The Bertz CT molecular complexity index is 924. The van der Waals surface area contributed by atoms with E-state index in [0.717, 1.165) is 0 Å². The summed E-state index contributed by atoms with van der Waals surface area (Å²) in [5, 5.41) is 12.9. The van der Waals surface area contributed by atoms with Crippen LogP contribution < -0.4 is 5.32 Å². The Labute approximate surface area is 157 Å². The maximum Gasteiger partial charge on any atom is 0.335 e. The van der Waals surface area contributed by atoms with Gasteiger partial charge in [-0.05, 0) is 53.7 Å². The van der Waals surface area contributed by atoms with Gasteiger partial charge in [-0.15, -0.1) is 0 Å². The largest absolute Gasteiger partial charge is 0.478 e. The van der Waals surface area contributed by atoms with Crippen molar-refractivity contribution in [1.82, 2.24) is 5.32 Å². The first-order valence-electron chi connectivity index (χ1n) is 7.00. The van der Waals surface area contributed by atoms with Gasteiger partial charge >= 0.3 is 5.97 Å². The van der Waals surface area contributed by atoms with E-state index in [-0.39, 0.29) is 11.5 Å². The molecule has 8 heteroatoms. The van der Waals surface area contributed by atoms with Crippen molar-refractivity contribution in [2.24, 2.45) is 4.99 Å². The molecule has 0 atom stereocenters. The van der Waals surface area contributed by atoms with Gasteiger partial charge < -0.3 is 10.4 Å². The summed E-state index contributed by atoms with van der Waals surface area (Å²) in [4.78, 5) is 27.7.